The van der Waals surface area contributed by atoms with Crippen LogP contribution in [0.2, 0.25) is 0 Å². The van der Waals surface area contributed by atoms with Gasteiger partial charge in [-0.1, -0.05) is 30.3 Å². The van der Waals surface area contributed by atoms with Gasteiger partial charge in [-0.05, 0) is 45.1 Å². The Labute approximate surface area is 210 Å². The van der Waals surface area contributed by atoms with Crippen molar-refractivity contribution < 1.29 is 29.4 Å². The maximum atomic E-state index is 13.9. The summed E-state index contributed by atoms with van der Waals surface area (Å²) in [7, 11) is 0. The molecule has 2 aliphatic rings. The number of rotatable bonds is 9. The van der Waals surface area contributed by atoms with Crippen molar-refractivity contribution in [1.82, 2.24) is 15.1 Å². The predicted molar refractivity (Wildman–Crippen MR) is 131 cm³/mol. The van der Waals surface area contributed by atoms with Gasteiger partial charge in [0.15, 0.2) is 0 Å². The highest BCUT2D eigenvalue weighted by atomic mass is 16.3. The Bertz CT molecular complexity index is 971. The van der Waals surface area contributed by atoms with Crippen LogP contribution in [-0.2, 0) is 25.6 Å². The number of carbonyl (C=O) groups is 4. The fourth-order valence-electron chi connectivity index (χ4n) is 5.20. The molecule has 1 aromatic rings. The van der Waals surface area contributed by atoms with Gasteiger partial charge in [0.05, 0.1) is 12.2 Å². The average Bonchev–Trinajstić information content (AvgIpc) is 3.49. The first-order valence-corrected chi connectivity index (χ1v) is 12.4. The molecule has 2 saturated heterocycles. The van der Waals surface area contributed by atoms with Crippen molar-refractivity contribution in [3.8, 4) is 0 Å². The molecule has 11 heteroatoms. The third kappa shape index (κ3) is 5.53. The first-order valence-electron chi connectivity index (χ1n) is 12.4. The molecule has 0 aliphatic carbocycles. The second-order valence-corrected chi connectivity index (χ2v) is 9.84. The lowest BCUT2D eigenvalue weighted by Crippen LogP contribution is -2.65. The van der Waals surface area contributed by atoms with Crippen LogP contribution >= 0.6 is 0 Å². The minimum absolute atomic E-state index is 0.185. The van der Waals surface area contributed by atoms with Gasteiger partial charge in [0, 0.05) is 19.5 Å². The molecule has 4 amide bonds. The summed E-state index contributed by atoms with van der Waals surface area (Å²) in [6.07, 6.45) is -0.246. The van der Waals surface area contributed by atoms with Crippen molar-refractivity contribution in [2.75, 3.05) is 13.1 Å². The molecule has 6 atom stereocenters. The van der Waals surface area contributed by atoms with E-state index >= 15 is 0 Å². The van der Waals surface area contributed by atoms with Gasteiger partial charge in [-0.3, -0.25) is 19.2 Å². The van der Waals surface area contributed by atoms with Crippen molar-refractivity contribution >= 4 is 23.6 Å². The number of likely N-dealkylation sites (tertiary alicyclic amines) is 2. The predicted octanol–water partition coefficient (Wildman–Crippen LogP) is -1.36. The highest BCUT2D eigenvalue weighted by Crippen LogP contribution is 2.36. The minimum atomic E-state index is -1.34. The lowest BCUT2D eigenvalue weighted by atomic mass is 9.86. The van der Waals surface area contributed by atoms with E-state index < -0.39 is 53.6 Å². The quantitative estimate of drug-likeness (QED) is 0.276. The van der Waals surface area contributed by atoms with Crippen LogP contribution in [0.3, 0.4) is 0 Å². The average molecular weight is 504 g/mol. The number of primary amides is 1. The normalized spacial score (nSPS) is 25.2. The number of amides is 4. The number of nitrogens with two attached hydrogens (primary N) is 2. The third-order valence-electron chi connectivity index (χ3n) is 7.22. The molecule has 2 heterocycles. The van der Waals surface area contributed by atoms with Gasteiger partial charge in [0.25, 0.3) is 0 Å². The van der Waals surface area contributed by atoms with Crippen LogP contribution in [0.4, 0.5) is 0 Å². The van der Waals surface area contributed by atoms with Gasteiger partial charge in [-0.2, -0.15) is 0 Å². The van der Waals surface area contributed by atoms with E-state index in [-0.39, 0.29) is 18.9 Å². The smallest absolute Gasteiger partial charge is 0.247 e. The van der Waals surface area contributed by atoms with E-state index in [2.05, 4.69) is 5.32 Å². The summed E-state index contributed by atoms with van der Waals surface area (Å²) in [6.45, 7) is 3.39. The standard InChI is InChI=1S/C25H37N5O6/c1-15(31)19(26)23(35)29-12-6-10-18(29)22(34)30-13-7-11-25(30,14-17-8-4-3-5-9-17)24(36)28-20(16(2)32)21(27)33/h3-5,8-9,15-16,18-20,31-32H,6-7,10-14,26H2,1-2H3,(H2,27,33)(H,28,36)/t15?,16?,18?,19?,20?,25-/m1/s1. The molecule has 5 unspecified atom stereocenters. The van der Waals surface area contributed by atoms with E-state index in [9.17, 15) is 29.4 Å². The summed E-state index contributed by atoms with van der Waals surface area (Å²) in [5.41, 5.74) is 10.8. The second kappa shape index (κ2) is 11.4. The van der Waals surface area contributed by atoms with Crippen LogP contribution in [0, 0.1) is 0 Å². The Morgan fingerprint density at radius 1 is 1.08 bits per heavy atom. The molecule has 0 spiro atoms. The second-order valence-electron chi connectivity index (χ2n) is 9.84. The molecule has 36 heavy (non-hydrogen) atoms. The van der Waals surface area contributed by atoms with Crippen LogP contribution in [0.15, 0.2) is 30.3 Å². The largest absolute Gasteiger partial charge is 0.391 e. The van der Waals surface area contributed by atoms with E-state index in [1.165, 1.54) is 23.6 Å². The summed E-state index contributed by atoms with van der Waals surface area (Å²) in [5, 5.41) is 22.4. The van der Waals surface area contributed by atoms with Crippen molar-refractivity contribution in [3.05, 3.63) is 35.9 Å². The van der Waals surface area contributed by atoms with Crippen LogP contribution < -0.4 is 16.8 Å². The Balaban J connectivity index is 1.96. The van der Waals surface area contributed by atoms with Gasteiger partial charge in [0.2, 0.25) is 23.6 Å². The lowest BCUT2D eigenvalue weighted by molar-refractivity contribution is -0.152. The van der Waals surface area contributed by atoms with E-state index in [0.29, 0.717) is 32.2 Å². The Morgan fingerprint density at radius 3 is 2.33 bits per heavy atom. The van der Waals surface area contributed by atoms with Crippen LogP contribution in [0.25, 0.3) is 0 Å². The molecule has 2 aliphatic heterocycles. The first-order chi connectivity index (χ1) is 17.0. The van der Waals surface area contributed by atoms with Gasteiger partial charge >= 0.3 is 0 Å². The van der Waals surface area contributed by atoms with Crippen molar-refractivity contribution in [3.63, 3.8) is 0 Å². The topological polar surface area (TPSA) is 179 Å². The monoisotopic (exact) mass is 503 g/mol. The Kier molecular flexibility index (Phi) is 8.70. The minimum Gasteiger partial charge on any atom is -0.391 e. The molecule has 2 fully saturated rings. The number of carbonyl (C=O) groups excluding carboxylic acids is 4. The zero-order chi connectivity index (χ0) is 26.6. The van der Waals surface area contributed by atoms with E-state index in [0.717, 1.165) is 5.56 Å². The maximum absolute atomic E-state index is 13.9. The summed E-state index contributed by atoms with van der Waals surface area (Å²) in [4.78, 5) is 55.4. The molecule has 0 bridgehead atoms. The molecular weight excluding hydrogens is 466 g/mol. The molecule has 0 saturated carbocycles. The van der Waals surface area contributed by atoms with E-state index in [1.807, 2.05) is 30.3 Å². The number of benzene rings is 1. The highest BCUT2D eigenvalue weighted by Gasteiger charge is 2.53. The van der Waals surface area contributed by atoms with Crippen molar-refractivity contribution in [2.24, 2.45) is 11.5 Å². The van der Waals surface area contributed by atoms with Crippen LogP contribution in [0.1, 0.15) is 45.1 Å². The highest BCUT2D eigenvalue weighted by molar-refractivity contribution is 5.98. The number of aliphatic hydroxyl groups is 2. The molecule has 198 valence electrons. The van der Waals surface area contributed by atoms with Crippen molar-refractivity contribution in [1.29, 1.82) is 0 Å². The summed E-state index contributed by atoms with van der Waals surface area (Å²) in [6, 6.07) is 5.92. The molecule has 3 rings (SSSR count). The summed E-state index contributed by atoms with van der Waals surface area (Å²) in [5.74, 6) is -2.36. The van der Waals surface area contributed by atoms with Crippen molar-refractivity contribution in [2.45, 2.75) is 81.8 Å². The third-order valence-corrected chi connectivity index (χ3v) is 7.22. The Hall–Kier alpha value is -3.02. The SMILES string of the molecule is CC(O)C(N)C(=O)N1CCCC1C(=O)N1CCC[C@@]1(Cc1ccccc1)C(=O)NC(C(N)=O)C(C)O. The Morgan fingerprint density at radius 2 is 1.75 bits per heavy atom. The molecule has 0 aromatic heterocycles. The number of aliphatic hydroxyl groups excluding tert-OH is 2. The number of nitrogens with one attached hydrogen (secondary N) is 1. The summed E-state index contributed by atoms with van der Waals surface area (Å²) < 4.78 is 0. The zero-order valence-corrected chi connectivity index (χ0v) is 20.8. The molecule has 11 nitrogen and oxygen atoms in total. The number of hydrogen-bond acceptors (Lipinski definition) is 7. The molecule has 0 radical (unpaired) electrons. The molecule has 7 N–H and O–H groups in total. The van der Waals surface area contributed by atoms with E-state index in [4.69, 9.17) is 11.5 Å². The fourth-order valence-corrected chi connectivity index (χ4v) is 5.20. The first kappa shape index (κ1) is 27.6. The molecule has 1 aromatic carbocycles. The van der Waals surface area contributed by atoms with Gasteiger partial charge in [0.1, 0.15) is 23.7 Å². The van der Waals surface area contributed by atoms with Crippen LogP contribution in [-0.4, -0.2) is 92.6 Å². The number of hydrogen-bond donors (Lipinski definition) is 5. The van der Waals surface area contributed by atoms with E-state index in [1.54, 1.807) is 0 Å². The number of nitrogens with zero attached hydrogens (tertiary/aromatic N) is 2. The van der Waals surface area contributed by atoms with Gasteiger partial charge in [-0.25, -0.2) is 0 Å². The van der Waals surface area contributed by atoms with Crippen LogP contribution in [0.5, 0.6) is 0 Å². The zero-order valence-electron chi connectivity index (χ0n) is 20.8. The summed E-state index contributed by atoms with van der Waals surface area (Å²) >= 11 is 0. The fraction of sp³-hybridized carbons (Fsp3) is 0.600. The lowest BCUT2D eigenvalue weighted by Gasteiger charge is -2.41. The van der Waals surface area contributed by atoms with Gasteiger partial charge < -0.3 is 36.8 Å². The maximum Gasteiger partial charge on any atom is 0.247 e. The molecular formula is C25H37N5O6. The van der Waals surface area contributed by atoms with Gasteiger partial charge in [-0.15, -0.1) is 0 Å².